The van der Waals surface area contributed by atoms with Crippen molar-refractivity contribution in [1.29, 1.82) is 0 Å². The lowest BCUT2D eigenvalue weighted by Gasteiger charge is -2.01. The maximum atomic E-state index is 3.41. The van der Waals surface area contributed by atoms with Crippen molar-refractivity contribution >= 4 is 8.07 Å². The molecule has 0 saturated heterocycles. The number of hydrogen-bond donors (Lipinski definition) is 0. The predicted molar refractivity (Wildman–Crippen MR) is 44.8 cm³/mol. The lowest BCUT2D eigenvalue weighted by atomic mass is 10.6. The van der Waals surface area contributed by atoms with Crippen LogP contribution in [0.25, 0.3) is 0 Å². The highest BCUT2D eigenvalue weighted by atomic mass is 28.3. The van der Waals surface area contributed by atoms with Crippen LogP contribution in [0.2, 0.25) is 19.6 Å². The molecule has 0 N–H and O–H groups in total. The van der Waals surface area contributed by atoms with Crippen LogP contribution in [-0.4, -0.2) is 8.07 Å². The maximum Gasteiger partial charge on any atom is 0.129 e. The minimum absolute atomic E-state index is 1.15. The van der Waals surface area contributed by atoms with E-state index in [9.17, 15) is 0 Å². The van der Waals surface area contributed by atoms with Crippen molar-refractivity contribution in [2.24, 2.45) is 0 Å². The minimum atomic E-state index is -1.15. The van der Waals surface area contributed by atoms with Gasteiger partial charge in [0.25, 0.3) is 0 Å². The molecule has 0 spiro atoms. The van der Waals surface area contributed by atoms with E-state index in [1.54, 1.807) is 6.08 Å². The van der Waals surface area contributed by atoms with Gasteiger partial charge in [-0.15, -0.1) is 11.3 Å². The molecule has 0 nitrogen and oxygen atoms in total. The van der Waals surface area contributed by atoms with Crippen molar-refractivity contribution in [2.45, 2.75) is 19.6 Å². The zero-order valence-electron chi connectivity index (χ0n) is 6.28. The zero-order valence-corrected chi connectivity index (χ0v) is 7.28. The summed E-state index contributed by atoms with van der Waals surface area (Å²) in [6.07, 6.45) is 1.66. The molecule has 9 heavy (non-hydrogen) atoms. The Bertz CT molecular complexity index is 179. The molecule has 0 bridgehead atoms. The van der Waals surface area contributed by atoms with E-state index in [2.05, 4.69) is 43.4 Å². The molecule has 48 valence electrons. The Morgan fingerprint density at radius 2 is 1.89 bits per heavy atom. The number of hydrogen-bond acceptors (Lipinski definition) is 0. The number of rotatable bonds is 0. The van der Waals surface area contributed by atoms with E-state index in [4.69, 9.17) is 0 Å². The van der Waals surface area contributed by atoms with Crippen LogP contribution in [0.15, 0.2) is 18.4 Å². The summed E-state index contributed by atoms with van der Waals surface area (Å²) < 4.78 is 0. The highest BCUT2D eigenvalue weighted by Gasteiger charge is 2.06. The Morgan fingerprint density at radius 1 is 1.33 bits per heavy atom. The van der Waals surface area contributed by atoms with Gasteiger partial charge in [0.15, 0.2) is 0 Å². The summed E-state index contributed by atoms with van der Waals surface area (Å²) in [5.74, 6) is 2.89. The van der Waals surface area contributed by atoms with Crippen LogP contribution in [0.5, 0.6) is 0 Å². The van der Waals surface area contributed by atoms with Crippen molar-refractivity contribution in [3.63, 3.8) is 0 Å². The van der Waals surface area contributed by atoms with Crippen molar-refractivity contribution in [3.8, 4) is 11.5 Å². The lowest BCUT2D eigenvalue weighted by molar-refractivity contribution is 1.81. The first-order valence-electron chi connectivity index (χ1n) is 2.93. The van der Waals surface area contributed by atoms with E-state index < -0.39 is 8.07 Å². The van der Waals surface area contributed by atoms with Crippen LogP contribution in [0.3, 0.4) is 0 Å². The Morgan fingerprint density at radius 3 is 2.22 bits per heavy atom. The summed E-state index contributed by atoms with van der Waals surface area (Å²) in [6.45, 7) is 10.0. The Hall–Kier alpha value is -0.703. The van der Waals surface area contributed by atoms with Gasteiger partial charge in [-0.1, -0.05) is 32.1 Å². The Labute approximate surface area is 58.3 Å². The second kappa shape index (κ2) is 3.35. The van der Waals surface area contributed by atoms with Gasteiger partial charge in [0.05, 0.1) is 0 Å². The Balaban J connectivity index is 4.03. The van der Waals surface area contributed by atoms with Crippen LogP contribution in [0, 0.1) is 11.5 Å². The van der Waals surface area contributed by atoms with Crippen molar-refractivity contribution in [1.82, 2.24) is 0 Å². The van der Waals surface area contributed by atoms with Crippen LogP contribution < -0.4 is 0 Å². The third kappa shape index (κ3) is 7.30. The summed E-state index contributed by atoms with van der Waals surface area (Å²) >= 11 is 0. The van der Waals surface area contributed by atoms with Gasteiger partial charge in [-0.3, -0.25) is 0 Å². The summed E-state index contributed by atoms with van der Waals surface area (Å²) in [7, 11) is -1.15. The van der Waals surface area contributed by atoms with Gasteiger partial charge < -0.3 is 0 Å². The van der Waals surface area contributed by atoms with Gasteiger partial charge in [-0.2, -0.15) is 0 Å². The van der Waals surface area contributed by atoms with Gasteiger partial charge in [0.2, 0.25) is 0 Å². The molecule has 0 heterocycles. The van der Waals surface area contributed by atoms with E-state index in [1.165, 1.54) is 0 Å². The molecule has 0 saturated carbocycles. The first kappa shape index (κ1) is 8.30. The molecule has 0 amide bonds. The summed E-state index contributed by atoms with van der Waals surface area (Å²) in [5, 5.41) is 0. The second-order valence-corrected chi connectivity index (χ2v) is 7.62. The van der Waals surface area contributed by atoms with Crippen LogP contribution in [-0.2, 0) is 0 Å². The molecule has 1 heteroatoms. The fraction of sp³-hybridized carbons (Fsp3) is 0.375. The molecule has 0 aromatic rings. The molecule has 0 aliphatic rings. The fourth-order valence-electron chi connectivity index (χ4n) is 0.304. The van der Waals surface area contributed by atoms with Crippen LogP contribution in [0.1, 0.15) is 0 Å². The smallest absolute Gasteiger partial charge is 0.127 e. The molecule has 0 unspecified atom stereocenters. The third-order valence-corrected chi connectivity index (χ3v) is 1.52. The summed E-state index contributed by atoms with van der Waals surface area (Å²) in [4.78, 5) is 0. The first-order chi connectivity index (χ1) is 4.06. The standard InChI is InChI=1S/C8H12Si/c1-5-6-7-8-9(2,3)4/h6H,1H2,2-4H3. The quantitative estimate of drug-likeness (QED) is 0.272. The average molecular weight is 136 g/mol. The van der Waals surface area contributed by atoms with E-state index in [1.807, 2.05) is 0 Å². The topological polar surface area (TPSA) is 0 Å². The lowest BCUT2D eigenvalue weighted by Crippen LogP contribution is -2.16. The fourth-order valence-corrected chi connectivity index (χ4v) is 0.809. The molecule has 0 atom stereocenters. The molecule has 0 aliphatic carbocycles. The molecule has 0 radical (unpaired) electrons. The molecule has 0 aliphatic heterocycles. The van der Waals surface area contributed by atoms with Crippen molar-refractivity contribution in [3.05, 3.63) is 18.4 Å². The monoisotopic (exact) mass is 136 g/mol. The van der Waals surface area contributed by atoms with Gasteiger partial charge in [0.1, 0.15) is 8.07 Å². The highest BCUT2D eigenvalue weighted by Crippen LogP contribution is 1.95. The molecule has 0 aromatic carbocycles. The van der Waals surface area contributed by atoms with Gasteiger partial charge in [0, 0.05) is 6.08 Å². The van der Waals surface area contributed by atoms with Crippen LogP contribution in [0.4, 0.5) is 0 Å². The zero-order chi connectivity index (χ0) is 7.33. The van der Waals surface area contributed by atoms with Crippen molar-refractivity contribution < 1.29 is 0 Å². The van der Waals surface area contributed by atoms with E-state index in [0.29, 0.717) is 0 Å². The summed E-state index contributed by atoms with van der Waals surface area (Å²) in [6, 6.07) is 0. The van der Waals surface area contributed by atoms with Gasteiger partial charge in [-0.05, 0) is 0 Å². The molecular weight excluding hydrogens is 124 g/mol. The maximum absolute atomic E-state index is 3.41. The van der Waals surface area contributed by atoms with E-state index in [0.717, 1.165) is 0 Å². The largest absolute Gasteiger partial charge is 0.129 e. The predicted octanol–water partition coefficient (Wildman–Crippen LogP) is 2.21. The summed E-state index contributed by atoms with van der Waals surface area (Å²) in [5.41, 5.74) is 5.77. The van der Waals surface area contributed by atoms with Crippen LogP contribution >= 0.6 is 0 Å². The number of allylic oxidation sites excluding steroid dienone is 1. The van der Waals surface area contributed by atoms with Gasteiger partial charge in [-0.25, -0.2) is 0 Å². The highest BCUT2D eigenvalue weighted by molar-refractivity contribution is 6.83. The average Bonchev–Trinajstić information content (AvgIpc) is 1.63. The van der Waals surface area contributed by atoms with Gasteiger partial charge >= 0.3 is 0 Å². The minimum Gasteiger partial charge on any atom is -0.127 e. The normalized spacial score (nSPS) is 8.78. The van der Waals surface area contributed by atoms with E-state index >= 15 is 0 Å². The molecule has 0 aromatic heterocycles. The Kier molecular flexibility index (Phi) is 3.09. The van der Waals surface area contributed by atoms with Crippen molar-refractivity contribution in [2.75, 3.05) is 0 Å². The molecule has 0 rings (SSSR count). The molecule has 0 fully saturated rings. The molecular formula is C8H12Si. The second-order valence-electron chi connectivity index (χ2n) is 2.87. The SMILES string of the molecule is C=C=CC#C[Si](C)(C)C. The van der Waals surface area contributed by atoms with E-state index in [-0.39, 0.29) is 0 Å². The third-order valence-electron chi connectivity index (χ3n) is 0.621. The first-order valence-corrected chi connectivity index (χ1v) is 6.43.